The number of rotatable bonds is 18. The van der Waals surface area contributed by atoms with Crippen LogP contribution in [0.3, 0.4) is 0 Å². The van der Waals surface area contributed by atoms with E-state index in [0.29, 0.717) is 38.5 Å². The summed E-state index contributed by atoms with van der Waals surface area (Å²) in [5.41, 5.74) is -3.12. The van der Waals surface area contributed by atoms with Gasteiger partial charge >= 0.3 is 5.97 Å². The van der Waals surface area contributed by atoms with Crippen molar-refractivity contribution in [1.82, 2.24) is 0 Å². The zero-order valence-electron chi connectivity index (χ0n) is 49.2. The maximum atomic E-state index is 15.4. The second kappa shape index (κ2) is 27.2. The first kappa shape index (κ1) is 69.8. The minimum atomic E-state index is -2.08. The van der Waals surface area contributed by atoms with Crippen LogP contribution in [0.1, 0.15) is 72.1 Å². The Morgan fingerprint density at radius 1 is 0.427 bits per heavy atom. The molecule has 4 aliphatic carbocycles. The Morgan fingerprint density at radius 2 is 0.775 bits per heavy atom. The number of fused-ring (bicyclic) bond motifs is 3. The SMILES string of the molecule is CC1=CC23CCC4C(C)(C(=O)OC5OC(CO)[C@H](O)C(OC6OC(CO)C(O)C(O)C6O)C5OC5OC(CO)C(O)C(O)C5O)CCCC4(C)C2CCC1(OC1OC(CO)C(O)C(OC2OC(CO)C(O)C(O)C2O)C1OC1OC(CO)C(O)C(O)C1O)C3. The summed E-state index contributed by atoms with van der Waals surface area (Å²) >= 11 is 0. The molecule has 89 heavy (non-hydrogen) atoms. The highest BCUT2D eigenvalue weighted by Crippen LogP contribution is 2.72. The second-order valence-electron chi connectivity index (χ2n) is 26.3. The van der Waals surface area contributed by atoms with Crippen LogP contribution in [0.25, 0.3) is 0 Å². The molecule has 10 rings (SSSR count). The van der Waals surface area contributed by atoms with E-state index in [9.17, 15) is 102 Å². The fraction of sp³-hybridized carbons (Fsp3) is 0.946. The predicted octanol–water partition coefficient (Wildman–Crippen LogP) is -9.47. The molecule has 1 spiro atoms. The van der Waals surface area contributed by atoms with E-state index in [1.807, 2.05) is 6.92 Å². The van der Waals surface area contributed by atoms with Crippen molar-refractivity contribution >= 4 is 5.97 Å². The van der Waals surface area contributed by atoms with Gasteiger partial charge in [-0.05, 0) is 87.0 Å². The first-order chi connectivity index (χ1) is 42.1. The van der Waals surface area contributed by atoms with Crippen molar-refractivity contribution in [3.05, 3.63) is 11.6 Å². The number of carbonyl (C=O) groups is 1. The van der Waals surface area contributed by atoms with Crippen LogP contribution < -0.4 is 0 Å². The number of hydrogen-bond acceptors (Lipinski definition) is 33. The Morgan fingerprint density at radius 3 is 1.18 bits per heavy atom. The molecule has 0 aromatic heterocycles. The Hall–Kier alpha value is -2.03. The third-order valence-corrected chi connectivity index (χ3v) is 21.2. The van der Waals surface area contributed by atoms with Gasteiger partial charge in [0.1, 0.15) is 140 Å². The van der Waals surface area contributed by atoms with Crippen LogP contribution in [-0.2, 0) is 61.6 Å². The van der Waals surface area contributed by atoms with E-state index in [4.69, 9.17) is 56.8 Å². The Balaban J connectivity index is 0.922. The monoisotopic (exact) mass is 1290 g/mol. The molecule has 0 radical (unpaired) electrons. The number of aliphatic hydroxyl groups excluding tert-OH is 20. The zero-order chi connectivity index (χ0) is 64.7. The summed E-state index contributed by atoms with van der Waals surface area (Å²) in [6, 6.07) is 0. The molecule has 9 fully saturated rings. The smallest absolute Gasteiger partial charge is 0.314 e. The molecule has 10 aliphatic rings. The molecule has 2 bridgehead atoms. The fourth-order valence-electron chi connectivity index (χ4n) is 16.3. The van der Waals surface area contributed by atoms with Crippen molar-refractivity contribution in [1.29, 1.82) is 0 Å². The van der Waals surface area contributed by atoms with Crippen LogP contribution in [0.4, 0.5) is 0 Å². The van der Waals surface area contributed by atoms with Gasteiger partial charge in [0.2, 0.25) is 6.29 Å². The van der Waals surface area contributed by atoms with E-state index in [1.165, 1.54) is 0 Å². The third-order valence-electron chi connectivity index (χ3n) is 21.2. The molecule has 20 N–H and O–H groups in total. The third kappa shape index (κ3) is 12.3. The van der Waals surface area contributed by atoms with Crippen LogP contribution in [0.2, 0.25) is 0 Å². The molecule has 33 heteroatoms. The van der Waals surface area contributed by atoms with E-state index in [-0.39, 0.29) is 18.8 Å². The van der Waals surface area contributed by atoms with Gasteiger partial charge in [0.25, 0.3) is 0 Å². The van der Waals surface area contributed by atoms with Crippen molar-refractivity contribution in [2.45, 2.75) is 262 Å². The Bertz CT molecular complexity index is 2410. The van der Waals surface area contributed by atoms with Crippen molar-refractivity contribution in [2.24, 2.45) is 28.1 Å². The molecule has 3 saturated carbocycles. The second-order valence-corrected chi connectivity index (χ2v) is 26.3. The molecule has 33 nitrogen and oxygen atoms in total. The molecule has 6 saturated heterocycles. The topological polar surface area (TPSA) is 532 Å². The molecule has 6 aliphatic heterocycles. The molecule has 0 amide bonds. The van der Waals surface area contributed by atoms with Gasteiger partial charge < -0.3 is 159 Å². The van der Waals surface area contributed by atoms with Crippen molar-refractivity contribution in [3.63, 3.8) is 0 Å². The van der Waals surface area contributed by atoms with Gasteiger partial charge in [0, 0.05) is 0 Å². The van der Waals surface area contributed by atoms with Crippen molar-refractivity contribution < 1.29 is 164 Å². The van der Waals surface area contributed by atoms with Crippen LogP contribution in [-0.4, -0.2) is 338 Å². The average molecular weight is 1290 g/mol. The van der Waals surface area contributed by atoms with Crippen LogP contribution >= 0.6 is 0 Å². The molecule has 0 aromatic rings. The first-order valence-electron chi connectivity index (χ1n) is 30.4. The predicted molar refractivity (Wildman–Crippen MR) is 284 cm³/mol. The zero-order valence-corrected chi connectivity index (χ0v) is 49.2. The number of ether oxygens (including phenoxy) is 12. The quantitative estimate of drug-likeness (QED) is 0.0344. The van der Waals surface area contributed by atoms with Crippen LogP contribution in [0, 0.1) is 28.1 Å². The lowest BCUT2D eigenvalue weighted by Crippen LogP contribution is -2.68. The maximum Gasteiger partial charge on any atom is 0.314 e. The van der Waals surface area contributed by atoms with E-state index < -0.39 is 258 Å². The summed E-state index contributed by atoms with van der Waals surface area (Å²) in [4.78, 5) is 15.4. The summed E-state index contributed by atoms with van der Waals surface area (Å²) in [7, 11) is 0. The van der Waals surface area contributed by atoms with Gasteiger partial charge in [-0.25, -0.2) is 0 Å². The van der Waals surface area contributed by atoms with Crippen molar-refractivity contribution in [3.8, 4) is 0 Å². The normalized spacial score (nSPS) is 54.4. The van der Waals surface area contributed by atoms with Gasteiger partial charge in [0.15, 0.2) is 37.6 Å². The summed E-state index contributed by atoms with van der Waals surface area (Å²) in [5, 5.41) is 215. The van der Waals surface area contributed by atoms with Gasteiger partial charge in [-0.15, -0.1) is 0 Å². The number of aliphatic hydroxyl groups is 20. The minimum absolute atomic E-state index is 0.170. The number of allylic oxidation sites excluding steroid dienone is 1. The van der Waals surface area contributed by atoms with E-state index in [1.54, 1.807) is 6.92 Å². The molecule has 6 heterocycles. The molecule has 512 valence electrons. The lowest BCUT2D eigenvalue weighted by molar-refractivity contribution is -0.400. The van der Waals surface area contributed by atoms with Gasteiger partial charge in [-0.1, -0.05) is 19.4 Å². The molecule has 35 unspecified atom stereocenters. The average Bonchev–Trinajstić information content (AvgIpc) is 1.62. The summed E-state index contributed by atoms with van der Waals surface area (Å²) in [6.07, 6.45) is -50.0. The van der Waals surface area contributed by atoms with E-state index in [2.05, 4.69) is 13.0 Å². The van der Waals surface area contributed by atoms with Crippen LogP contribution in [0.15, 0.2) is 11.6 Å². The number of esters is 1. The molecule has 36 atom stereocenters. The lowest BCUT2D eigenvalue weighted by Gasteiger charge is -2.64. The number of hydrogen-bond donors (Lipinski definition) is 20. The lowest BCUT2D eigenvalue weighted by atomic mass is 9.40. The Kier molecular flexibility index (Phi) is 21.4. The summed E-state index contributed by atoms with van der Waals surface area (Å²) < 4.78 is 73.0. The molecular formula is C56H90O33. The van der Waals surface area contributed by atoms with E-state index in [0.717, 1.165) is 5.57 Å². The van der Waals surface area contributed by atoms with Crippen LogP contribution in [0.5, 0.6) is 0 Å². The highest BCUT2D eigenvalue weighted by Gasteiger charge is 2.69. The van der Waals surface area contributed by atoms with Gasteiger partial charge in [0.05, 0.1) is 50.7 Å². The van der Waals surface area contributed by atoms with Gasteiger partial charge in [-0.3, -0.25) is 4.79 Å². The molecule has 0 aromatic carbocycles. The largest absolute Gasteiger partial charge is 0.432 e. The first-order valence-corrected chi connectivity index (χ1v) is 30.4. The van der Waals surface area contributed by atoms with E-state index >= 15 is 4.79 Å². The summed E-state index contributed by atoms with van der Waals surface area (Å²) in [6.45, 7) is 0.383. The Labute approximate surface area is 509 Å². The van der Waals surface area contributed by atoms with Gasteiger partial charge in [-0.2, -0.15) is 0 Å². The fourth-order valence-corrected chi connectivity index (χ4v) is 16.3. The molecular weight excluding hydrogens is 1200 g/mol. The highest BCUT2D eigenvalue weighted by molar-refractivity contribution is 5.77. The van der Waals surface area contributed by atoms with Crippen molar-refractivity contribution in [2.75, 3.05) is 39.6 Å². The standard InChI is InChI=1S/C56H90O33/c1-19-11-55-9-5-26-53(2,7-4-8-54(26,3)52(77)88-50-44(86-48-40(75)36(71)30(65)22(14-59)80-48)42(32(67)24(16-61)82-50)84-46-38(73)34(69)28(63)20(12-57)78-46)27(55)6-10-56(19,18-55)89-51-45(87-49-41(76)37(72)31(66)23(15-60)81-49)43(33(68)25(17-62)83-51)85-47-39(74)35(70)29(64)21(13-58)79-47/h11,20-51,57-76H,4-10,12-18H2,1-3H3/t20?,21?,22?,23?,24?,25?,26?,27?,28?,29?,30?,31?,32-,33?,34?,35?,36?,37?,38?,39?,40?,41?,42?,43?,44?,45?,46?,47?,48?,49?,50?,51?,53?,54?,55?,56?/m0/s1. The number of carbonyl (C=O) groups excluding carboxylic acids is 1. The highest BCUT2D eigenvalue weighted by atomic mass is 16.8. The minimum Gasteiger partial charge on any atom is -0.432 e. The maximum absolute atomic E-state index is 15.4. The summed E-state index contributed by atoms with van der Waals surface area (Å²) in [5.74, 6) is -1.45.